The molecular formula is C11H13N5O2. The van der Waals surface area contributed by atoms with E-state index in [9.17, 15) is 10.1 Å². The lowest BCUT2D eigenvalue weighted by Gasteiger charge is -2.08. The Morgan fingerprint density at radius 1 is 1.39 bits per heavy atom. The standard InChI is InChI=1S/C11H13N5O2/c12-5-8-3-1-2-4-9(8)6-13-10-7-14-15-11(10)16(17)18/h1-4,7,13H,5-6,12H2,(H,14,15). The van der Waals surface area contributed by atoms with Gasteiger partial charge in [-0.1, -0.05) is 29.4 Å². The van der Waals surface area contributed by atoms with Crippen LogP contribution < -0.4 is 11.1 Å². The van der Waals surface area contributed by atoms with Crippen molar-refractivity contribution in [1.82, 2.24) is 10.2 Å². The molecule has 18 heavy (non-hydrogen) atoms. The molecule has 0 radical (unpaired) electrons. The van der Waals surface area contributed by atoms with E-state index in [0.29, 0.717) is 18.8 Å². The maximum Gasteiger partial charge on any atom is 0.366 e. The number of aromatic nitrogens is 2. The average molecular weight is 247 g/mol. The Hall–Kier alpha value is -2.41. The lowest BCUT2D eigenvalue weighted by molar-refractivity contribution is -0.388. The summed E-state index contributed by atoms with van der Waals surface area (Å²) >= 11 is 0. The number of nitro groups is 1. The fourth-order valence-electron chi connectivity index (χ4n) is 1.67. The van der Waals surface area contributed by atoms with Crippen molar-refractivity contribution >= 4 is 11.5 Å². The molecule has 1 heterocycles. The maximum absolute atomic E-state index is 10.7. The number of anilines is 1. The lowest BCUT2D eigenvalue weighted by atomic mass is 10.1. The maximum atomic E-state index is 10.7. The van der Waals surface area contributed by atoms with Gasteiger partial charge in [0.05, 0.1) is 0 Å². The number of aromatic amines is 1. The van der Waals surface area contributed by atoms with E-state index in [4.69, 9.17) is 5.73 Å². The first-order valence-corrected chi connectivity index (χ1v) is 5.41. The number of nitrogens with two attached hydrogens (primary N) is 1. The van der Waals surface area contributed by atoms with Crippen molar-refractivity contribution in [3.8, 4) is 0 Å². The van der Waals surface area contributed by atoms with Gasteiger partial charge in [0, 0.05) is 13.1 Å². The molecule has 0 saturated carbocycles. The van der Waals surface area contributed by atoms with E-state index in [1.165, 1.54) is 6.20 Å². The summed E-state index contributed by atoms with van der Waals surface area (Å²) in [5.41, 5.74) is 8.01. The lowest BCUT2D eigenvalue weighted by Crippen LogP contribution is -2.06. The number of hydrogen-bond donors (Lipinski definition) is 3. The minimum Gasteiger partial charge on any atom is -0.373 e. The van der Waals surface area contributed by atoms with Gasteiger partial charge in [-0.15, -0.1) is 5.10 Å². The van der Waals surface area contributed by atoms with Crippen LogP contribution in [0, 0.1) is 10.1 Å². The highest BCUT2D eigenvalue weighted by molar-refractivity contribution is 5.55. The zero-order valence-corrected chi connectivity index (χ0v) is 9.59. The first kappa shape index (κ1) is 12.1. The summed E-state index contributed by atoms with van der Waals surface area (Å²) in [6.45, 7) is 0.902. The summed E-state index contributed by atoms with van der Waals surface area (Å²) < 4.78 is 0. The summed E-state index contributed by atoms with van der Waals surface area (Å²) in [5, 5.41) is 19.6. The second kappa shape index (κ2) is 5.28. The highest BCUT2D eigenvalue weighted by atomic mass is 16.6. The van der Waals surface area contributed by atoms with Crippen LogP contribution in [-0.2, 0) is 13.1 Å². The topological polar surface area (TPSA) is 110 Å². The summed E-state index contributed by atoms with van der Waals surface area (Å²) in [4.78, 5) is 10.2. The number of rotatable bonds is 5. The molecule has 7 nitrogen and oxygen atoms in total. The smallest absolute Gasteiger partial charge is 0.366 e. The van der Waals surface area contributed by atoms with Gasteiger partial charge in [-0.2, -0.15) is 0 Å². The molecule has 0 bridgehead atoms. The van der Waals surface area contributed by atoms with E-state index in [-0.39, 0.29) is 5.82 Å². The Balaban J connectivity index is 2.11. The van der Waals surface area contributed by atoms with E-state index in [2.05, 4.69) is 15.5 Å². The molecule has 0 aliphatic carbocycles. The molecule has 2 aromatic rings. The molecule has 0 saturated heterocycles. The fourth-order valence-corrected chi connectivity index (χ4v) is 1.67. The van der Waals surface area contributed by atoms with E-state index < -0.39 is 4.92 Å². The second-order valence-corrected chi connectivity index (χ2v) is 3.72. The van der Waals surface area contributed by atoms with Crippen molar-refractivity contribution in [3.05, 3.63) is 51.7 Å². The van der Waals surface area contributed by atoms with E-state index in [1.807, 2.05) is 24.3 Å². The van der Waals surface area contributed by atoms with Crippen molar-refractivity contribution in [2.24, 2.45) is 5.73 Å². The highest BCUT2D eigenvalue weighted by Gasteiger charge is 2.14. The molecule has 0 aliphatic heterocycles. The SMILES string of the molecule is NCc1ccccc1CNc1cn[nH]c1[N+](=O)[O-]. The van der Waals surface area contributed by atoms with Crippen LogP contribution in [0.5, 0.6) is 0 Å². The molecule has 0 amide bonds. The normalized spacial score (nSPS) is 10.3. The van der Waals surface area contributed by atoms with Gasteiger partial charge in [0.25, 0.3) is 0 Å². The third-order valence-corrected chi connectivity index (χ3v) is 2.61. The molecule has 1 aromatic heterocycles. The summed E-state index contributed by atoms with van der Waals surface area (Å²) in [5.74, 6) is -0.139. The number of nitrogens with one attached hydrogen (secondary N) is 2. The van der Waals surface area contributed by atoms with E-state index in [1.54, 1.807) is 0 Å². The molecule has 94 valence electrons. The van der Waals surface area contributed by atoms with Crippen LogP contribution in [0.15, 0.2) is 30.5 Å². The highest BCUT2D eigenvalue weighted by Crippen LogP contribution is 2.21. The van der Waals surface area contributed by atoms with Gasteiger partial charge in [-0.25, -0.2) is 0 Å². The molecule has 1 aromatic carbocycles. The van der Waals surface area contributed by atoms with Gasteiger partial charge in [0.1, 0.15) is 6.20 Å². The third-order valence-electron chi connectivity index (χ3n) is 2.61. The Morgan fingerprint density at radius 2 is 2.11 bits per heavy atom. The van der Waals surface area contributed by atoms with Gasteiger partial charge in [-0.05, 0) is 16.1 Å². The Labute approximate surface area is 103 Å². The number of H-pyrrole nitrogens is 1. The van der Waals surface area contributed by atoms with Crippen molar-refractivity contribution in [2.75, 3.05) is 5.32 Å². The Bertz CT molecular complexity index is 552. The molecule has 0 atom stereocenters. The average Bonchev–Trinajstić information content (AvgIpc) is 2.85. The molecule has 2 rings (SSSR count). The quantitative estimate of drug-likeness (QED) is 0.546. The zero-order chi connectivity index (χ0) is 13.0. The first-order chi connectivity index (χ1) is 8.72. The number of nitrogens with zero attached hydrogens (tertiary/aromatic N) is 2. The molecule has 0 fully saturated rings. The number of hydrogen-bond acceptors (Lipinski definition) is 5. The Kier molecular flexibility index (Phi) is 3.54. The summed E-state index contributed by atoms with van der Waals surface area (Å²) in [7, 11) is 0. The van der Waals surface area contributed by atoms with Gasteiger partial charge in [0.2, 0.25) is 0 Å². The van der Waals surface area contributed by atoms with Crippen LogP contribution in [0.3, 0.4) is 0 Å². The molecular weight excluding hydrogens is 234 g/mol. The van der Waals surface area contributed by atoms with Crippen LogP contribution in [0.4, 0.5) is 11.5 Å². The third kappa shape index (κ3) is 2.46. The van der Waals surface area contributed by atoms with Crippen molar-refractivity contribution < 1.29 is 4.92 Å². The van der Waals surface area contributed by atoms with Crippen molar-refractivity contribution in [3.63, 3.8) is 0 Å². The predicted molar refractivity (Wildman–Crippen MR) is 66.9 cm³/mol. The molecule has 7 heteroatoms. The van der Waals surface area contributed by atoms with Crippen LogP contribution in [0.2, 0.25) is 0 Å². The molecule has 0 aliphatic rings. The molecule has 4 N–H and O–H groups in total. The minimum atomic E-state index is -0.510. The van der Waals surface area contributed by atoms with Gasteiger partial charge in [0.15, 0.2) is 5.69 Å². The minimum absolute atomic E-state index is 0.139. The van der Waals surface area contributed by atoms with Crippen molar-refractivity contribution in [2.45, 2.75) is 13.1 Å². The fraction of sp³-hybridized carbons (Fsp3) is 0.182. The zero-order valence-electron chi connectivity index (χ0n) is 9.59. The van der Waals surface area contributed by atoms with Gasteiger partial charge in [-0.3, -0.25) is 0 Å². The Morgan fingerprint density at radius 3 is 2.78 bits per heavy atom. The summed E-state index contributed by atoms with van der Waals surface area (Å²) in [6, 6.07) is 7.67. The summed E-state index contributed by atoms with van der Waals surface area (Å²) in [6.07, 6.45) is 1.39. The van der Waals surface area contributed by atoms with E-state index in [0.717, 1.165) is 11.1 Å². The predicted octanol–water partition coefficient (Wildman–Crippen LogP) is 1.39. The molecule has 0 unspecified atom stereocenters. The van der Waals surface area contributed by atoms with Gasteiger partial charge < -0.3 is 21.2 Å². The second-order valence-electron chi connectivity index (χ2n) is 3.72. The molecule has 0 spiro atoms. The van der Waals surface area contributed by atoms with E-state index >= 15 is 0 Å². The van der Waals surface area contributed by atoms with Crippen LogP contribution >= 0.6 is 0 Å². The van der Waals surface area contributed by atoms with Crippen LogP contribution in [-0.4, -0.2) is 15.1 Å². The van der Waals surface area contributed by atoms with Crippen molar-refractivity contribution in [1.29, 1.82) is 0 Å². The number of benzene rings is 1. The van der Waals surface area contributed by atoms with Crippen LogP contribution in [0.1, 0.15) is 11.1 Å². The van der Waals surface area contributed by atoms with Gasteiger partial charge >= 0.3 is 5.82 Å². The van der Waals surface area contributed by atoms with Crippen LogP contribution in [0.25, 0.3) is 0 Å². The monoisotopic (exact) mass is 247 g/mol. The largest absolute Gasteiger partial charge is 0.373 e. The first-order valence-electron chi connectivity index (χ1n) is 5.41.